The molecule has 3 aromatic carbocycles. The van der Waals surface area contributed by atoms with Gasteiger partial charge in [-0.15, -0.1) is 0 Å². The number of para-hydroxylation sites is 1. The van der Waals surface area contributed by atoms with Crippen molar-refractivity contribution in [1.82, 2.24) is 4.98 Å². The van der Waals surface area contributed by atoms with E-state index in [2.05, 4.69) is 0 Å². The largest absolute Gasteiger partial charge is 0.492 e. The average molecular weight is 447 g/mol. The Hall–Kier alpha value is -3.71. The van der Waals surface area contributed by atoms with Crippen molar-refractivity contribution < 1.29 is 19.1 Å². The molecule has 0 aliphatic rings. The molecule has 0 unspecified atom stereocenters. The monoisotopic (exact) mass is 446 g/mol. The Balaban J connectivity index is 1.82. The van der Waals surface area contributed by atoms with Crippen LogP contribution in [-0.2, 0) is 11.3 Å². The van der Waals surface area contributed by atoms with E-state index in [4.69, 9.17) is 14.5 Å². The summed E-state index contributed by atoms with van der Waals surface area (Å²) in [6.45, 7) is 2.74. The molecule has 0 N–H and O–H groups in total. The molecular formula is C25H22N2O4S. The Morgan fingerprint density at radius 3 is 2.38 bits per heavy atom. The third-order valence-corrected chi connectivity index (χ3v) is 5.94. The zero-order valence-electron chi connectivity index (χ0n) is 17.8. The number of esters is 1. The number of aromatic nitrogens is 1. The number of amides is 1. The predicted molar refractivity (Wildman–Crippen MR) is 126 cm³/mol. The van der Waals surface area contributed by atoms with Gasteiger partial charge in [0.15, 0.2) is 5.13 Å². The van der Waals surface area contributed by atoms with Crippen molar-refractivity contribution in [3.63, 3.8) is 0 Å². The van der Waals surface area contributed by atoms with Crippen LogP contribution in [0, 0.1) is 0 Å². The summed E-state index contributed by atoms with van der Waals surface area (Å²) in [6, 6.07) is 22.0. The highest BCUT2D eigenvalue weighted by Gasteiger charge is 2.26. The highest BCUT2D eigenvalue weighted by atomic mass is 32.1. The third-order valence-electron chi connectivity index (χ3n) is 4.89. The Kier molecular flexibility index (Phi) is 6.47. The number of fused-ring (bicyclic) bond motifs is 1. The van der Waals surface area contributed by atoms with Crippen LogP contribution in [0.2, 0.25) is 0 Å². The molecule has 0 spiro atoms. The Morgan fingerprint density at radius 2 is 1.66 bits per heavy atom. The summed E-state index contributed by atoms with van der Waals surface area (Å²) in [4.78, 5) is 32.4. The summed E-state index contributed by atoms with van der Waals surface area (Å²) in [5.74, 6) is -0.210. The van der Waals surface area contributed by atoms with Crippen LogP contribution in [0.25, 0.3) is 10.2 Å². The lowest BCUT2D eigenvalue weighted by Gasteiger charge is -2.21. The van der Waals surface area contributed by atoms with Gasteiger partial charge in [0.25, 0.3) is 5.91 Å². The van der Waals surface area contributed by atoms with Crippen LogP contribution in [0.4, 0.5) is 5.13 Å². The van der Waals surface area contributed by atoms with E-state index in [1.54, 1.807) is 29.2 Å². The van der Waals surface area contributed by atoms with Gasteiger partial charge in [-0.25, -0.2) is 9.78 Å². The van der Waals surface area contributed by atoms with Crippen LogP contribution in [0.1, 0.15) is 33.2 Å². The molecule has 0 fully saturated rings. The van der Waals surface area contributed by atoms with Gasteiger partial charge in [0.05, 0.1) is 36.1 Å². The molecule has 1 amide bonds. The van der Waals surface area contributed by atoms with Crippen LogP contribution >= 0.6 is 11.3 Å². The smallest absolute Gasteiger partial charge is 0.338 e. The first-order chi connectivity index (χ1) is 15.6. The molecule has 4 aromatic rings. The van der Waals surface area contributed by atoms with Crippen LogP contribution < -0.4 is 9.64 Å². The number of nitrogens with zero attached hydrogens (tertiary/aromatic N) is 2. The normalized spacial score (nSPS) is 10.7. The van der Waals surface area contributed by atoms with Gasteiger partial charge in [0, 0.05) is 0 Å². The van der Waals surface area contributed by atoms with Crippen LogP contribution in [0.15, 0.2) is 72.8 Å². The summed E-state index contributed by atoms with van der Waals surface area (Å²) in [5, 5.41) is 0.528. The van der Waals surface area contributed by atoms with Crippen molar-refractivity contribution in [3.8, 4) is 5.75 Å². The van der Waals surface area contributed by atoms with Crippen LogP contribution in [0.5, 0.6) is 5.75 Å². The van der Waals surface area contributed by atoms with Crippen molar-refractivity contribution in [2.24, 2.45) is 0 Å². The Morgan fingerprint density at radius 1 is 0.938 bits per heavy atom. The second-order valence-electron chi connectivity index (χ2n) is 6.95. The molecule has 7 heteroatoms. The molecular weight excluding hydrogens is 424 g/mol. The molecule has 1 aromatic heterocycles. The molecule has 32 heavy (non-hydrogen) atoms. The van der Waals surface area contributed by atoms with Crippen molar-refractivity contribution in [2.75, 3.05) is 18.6 Å². The zero-order valence-corrected chi connectivity index (χ0v) is 18.6. The minimum Gasteiger partial charge on any atom is -0.492 e. The van der Waals surface area contributed by atoms with Crippen LogP contribution in [-0.4, -0.2) is 30.6 Å². The third kappa shape index (κ3) is 4.33. The van der Waals surface area contributed by atoms with Gasteiger partial charge in [0.2, 0.25) is 0 Å². The van der Waals surface area contributed by atoms with E-state index >= 15 is 0 Å². The number of hydrogen-bond acceptors (Lipinski definition) is 6. The second kappa shape index (κ2) is 9.62. The van der Waals surface area contributed by atoms with Gasteiger partial charge < -0.3 is 9.47 Å². The van der Waals surface area contributed by atoms with Crippen LogP contribution in [0.3, 0.4) is 0 Å². The minimum atomic E-state index is -0.559. The van der Waals surface area contributed by atoms with E-state index in [1.807, 2.05) is 55.5 Å². The molecule has 4 rings (SSSR count). The highest BCUT2D eigenvalue weighted by Crippen LogP contribution is 2.35. The lowest BCUT2D eigenvalue weighted by Crippen LogP contribution is -2.31. The number of methoxy groups -OCH3 is 1. The first-order valence-corrected chi connectivity index (χ1v) is 11.0. The summed E-state index contributed by atoms with van der Waals surface area (Å²) in [6.07, 6.45) is 0. The first kappa shape index (κ1) is 21.5. The Bertz CT molecular complexity index is 1250. The first-order valence-electron chi connectivity index (χ1n) is 10.2. The maximum atomic E-state index is 13.7. The fourth-order valence-corrected chi connectivity index (χ4v) is 4.38. The van der Waals surface area contributed by atoms with Crippen molar-refractivity contribution in [3.05, 3.63) is 89.5 Å². The molecule has 6 nitrogen and oxygen atoms in total. The lowest BCUT2D eigenvalue weighted by atomic mass is 10.1. The van der Waals surface area contributed by atoms with Crippen molar-refractivity contribution in [2.45, 2.75) is 13.5 Å². The molecule has 0 aliphatic carbocycles. The average Bonchev–Trinajstić information content (AvgIpc) is 3.27. The quantitative estimate of drug-likeness (QED) is 0.359. The summed E-state index contributed by atoms with van der Waals surface area (Å²) in [7, 11) is 1.30. The molecule has 162 valence electrons. The number of rotatable bonds is 7. The molecule has 0 radical (unpaired) electrons. The predicted octanol–water partition coefficient (Wildman–Crippen LogP) is 5.33. The number of ether oxygens (including phenoxy) is 2. The summed E-state index contributed by atoms with van der Waals surface area (Å²) >= 11 is 1.41. The fraction of sp³-hybridized carbons (Fsp3) is 0.160. The molecule has 0 aliphatic heterocycles. The van der Waals surface area contributed by atoms with Crippen molar-refractivity contribution >= 4 is 38.6 Å². The second-order valence-corrected chi connectivity index (χ2v) is 7.96. The van der Waals surface area contributed by atoms with Crippen molar-refractivity contribution in [1.29, 1.82) is 0 Å². The van der Waals surface area contributed by atoms with Gasteiger partial charge in [-0.05, 0) is 36.8 Å². The Labute approximate surface area is 190 Å². The number of carbonyl (C=O) groups is 2. The van der Waals surface area contributed by atoms with E-state index in [1.165, 1.54) is 18.4 Å². The zero-order chi connectivity index (χ0) is 22.5. The number of hydrogen-bond donors (Lipinski definition) is 0. The molecule has 0 atom stereocenters. The van der Waals surface area contributed by atoms with Gasteiger partial charge in [0.1, 0.15) is 11.3 Å². The highest BCUT2D eigenvalue weighted by molar-refractivity contribution is 7.22. The number of anilines is 1. The molecule has 0 saturated heterocycles. The van der Waals surface area contributed by atoms with E-state index in [9.17, 15) is 9.59 Å². The molecule has 0 bridgehead atoms. The van der Waals surface area contributed by atoms with Gasteiger partial charge >= 0.3 is 5.97 Å². The van der Waals surface area contributed by atoms with Gasteiger partial charge in [-0.1, -0.05) is 59.9 Å². The van der Waals surface area contributed by atoms with E-state index in [0.717, 1.165) is 10.3 Å². The topological polar surface area (TPSA) is 68.7 Å². The fourth-order valence-electron chi connectivity index (χ4n) is 3.39. The summed E-state index contributed by atoms with van der Waals surface area (Å²) < 4.78 is 11.5. The van der Waals surface area contributed by atoms with Gasteiger partial charge in [-0.2, -0.15) is 0 Å². The maximum absolute atomic E-state index is 13.7. The summed E-state index contributed by atoms with van der Waals surface area (Å²) in [5.41, 5.74) is 2.14. The molecule has 0 saturated carbocycles. The van der Waals surface area contributed by atoms with E-state index in [0.29, 0.717) is 29.5 Å². The molecule has 1 heterocycles. The number of carbonyl (C=O) groups excluding carboxylic acids is 2. The standard InChI is InChI=1S/C25H22N2O4S/c1-3-31-20-14-9-15-21-22(20)26-25(32-21)27(16-17-10-5-4-6-11-17)23(28)18-12-7-8-13-19(18)24(29)30-2/h4-15H,3,16H2,1-2H3. The lowest BCUT2D eigenvalue weighted by molar-refractivity contribution is 0.0597. The number of thiazole rings is 1. The maximum Gasteiger partial charge on any atom is 0.338 e. The number of benzene rings is 3. The van der Waals surface area contributed by atoms with Gasteiger partial charge in [-0.3, -0.25) is 9.69 Å². The SMILES string of the molecule is CCOc1cccc2sc(N(Cc3ccccc3)C(=O)c3ccccc3C(=O)OC)nc12. The van der Waals surface area contributed by atoms with E-state index < -0.39 is 5.97 Å². The minimum absolute atomic E-state index is 0.217. The van der Waals surface area contributed by atoms with E-state index in [-0.39, 0.29) is 17.0 Å².